The first-order valence-electron chi connectivity index (χ1n) is 3.79. The summed E-state index contributed by atoms with van der Waals surface area (Å²) in [5.41, 5.74) is 1.85. The lowest BCUT2D eigenvalue weighted by molar-refractivity contribution is 0.185. The van der Waals surface area contributed by atoms with E-state index in [1.165, 1.54) is 0 Å². The van der Waals surface area contributed by atoms with E-state index in [2.05, 4.69) is 6.26 Å². The number of furan rings is 1. The first-order chi connectivity index (χ1) is 5.92. The van der Waals surface area contributed by atoms with Crippen LogP contribution in [0.15, 0.2) is 28.7 Å². The van der Waals surface area contributed by atoms with Gasteiger partial charge >= 0.3 is 0 Å². The summed E-state index contributed by atoms with van der Waals surface area (Å²) < 4.78 is 10.2. The Morgan fingerprint density at radius 2 is 2.25 bits per heavy atom. The molecule has 2 rings (SSSR count). The maximum absolute atomic E-state index is 5.20. The molecule has 1 aromatic heterocycles. The fourth-order valence-electron chi connectivity index (χ4n) is 1.23. The average Bonchev–Trinajstić information content (AvgIpc) is 2.50. The van der Waals surface area contributed by atoms with Crippen molar-refractivity contribution in [2.45, 2.75) is 6.61 Å². The quantitative estimate of drug-likeness (QED) is 0.674. The Kier molecular flexibility index (Phi) is 1.84. The van der Waals surface area contributed by atoms with E-state index in [1.807, 2.05) is 24.3 Å². The zero-order chi connectivity index (χ0) is 8.39. The van der Waals surface area contributed by atoms with Crippen LogP contribution in [0.3, 0.4) is 0 Å². The SMILES string of the molecule is COCc1[c]oc2ccccc12. The molecule has 0 atom stereocenters. The lowest BCUT2D eigenvalue weighted by Gasteiger charge is -1.92. The van der Waals surface area contributed by atoms with Gasteiger partial charge in [0.1, 0.15) is 5.58 Å². The van der Waals surface area contributed by atoms with Gasteiger partial charge in [0, 0.05) is 18.1 Å². The van der Waals surface area contributed by atoms with Crippen molar-refractivity contribution in [1.29, 1.82) is 0 Å². The first kappa shape index (κ1) is 7.37. The molecule has 0 aliphatic carbocycles. The lowest BCUT2D eigenvalue weighted by Crippen LogP contribution is -1.83. The molecule has 0 amide bonds. The standard InChI is InChI=1S/C10H9O2/c1-11-6-8-7-12-10-5-3-2-4-9(8)10/h2-5H,6H2,1H3. The molecule has 0 N–H and O–H groups in total. The minimum absolute atomic E-state index is 0.553. The third-order valence-corrected chi connectivity index (χ3v) is 1.79. The van der Waals surface area contributed by atoms with Crippen molar-refractivity contribution in [3.63, 3.8) is 0 Å². The molecule has 0 saturated carbocycles. The number of ether oxygens (including phenoxy) is 1. The van der Waals surface area contributed by atoms with E-state index in [9.17, 15) is 0 Å². The van der Waals surface area contributed by atoms with Crippen molar-refractivity contribution in [3.05, 3.63) is 36.1 Å². The number of benzene rings is 1. The fourth-order valence-corrected chi connectivity index (χ4v) is 1.23. The van der Waals surface area contributed by atoms with Gasteiger partial charge in [-0.15, -0.1) is 0 Å². The van der Waals surface area contributed by atoms with E-state index < -0.39 is 0 Å². The molecule has 2 aromatic rings. The average molecular weight is 161 g/mol. The van der Waals surface area contributed by atoms with Gasteiger partial charge in [0.15, 0.2) is 6.26 Å². The summed E-state index contributed by atoms with van der Waals surface area (Å²) in [6.45, 7) is 0.553. The van der Waals surface area contributed by atoms with Crippen LogP contribution in [0, 0.1) is 6.26 Å². The Labute approximate surface area is 70.8 Å². The number of rotatable bonds is 2. The topological polar surface area (TPSA) is 22.4 Å². The highest BCUT2D eigenvalue weighted by Crippen LogP contribution is 2.20. The van der Waals surface area contributed by atoms with Gasteiger partial charge < -0.3 is 9.15 Å². The van der Waals surface area contributed by atoms with E-state index >= 15 is 0 Å². The van der Waals surface area contributed by atoms with Crippen LogP contribution >= 0.6 is 0 Å². The van der Waals surface area contributed by atoms with Crippen LogP contribution in [0.2, 0.25) is 0 Å². The molecule has 61 valence electrons. The minimum atomic E-state index is 0.553. The van der Waals surface area contributed by atoms with Gasteiger partial charge in [0.05, 0.1) is 6.61 Å². The van der Waals surface area contributed by atoms with Gasteiger partial charge in [-0.3, -0.25) is 0 Å². The summed E-state index contributed by atoms with van der Waals surface area (Å²) in [4.78, 5) is 0. The number of hydrogen-bond donors (Lipinski definition) is 0. The van der Waals surface area contributed by atoms with Crippen molar-refractivity contribution in [2.75, 3.05) is 7.11 Å². The van der Waals surface area contributed by atoms with E-state index in [0.29, 0.717) is 6.61 Å². The van der Waals surface area contributed by atoms with Crippen molar-refractivity contribution in [2.24, 2.45) is 0 Å². The summed E-state index contributed by atoms with van der Waals surface area (Å²) in [7, 11) is 1.66. The summed E-state index contributed by atoms with van der Waals surface area (Å²) in [5, 5.41) is 1.08. The van der Waals surface area contributed by atoms with E-state index in [1.54, 1.807) is 7.11 Å². The molecular formula is C10H9O2. The van der Waals surface area contributed by atoms with Gasteiger partial charge in [-0.05, 0) is 6.07 Å². The summed E-state index contributed by atoms with van der Waals surface area (Å²) >= 11 is 0. The first-order valence-corrected chi connectivity index (χ1v) is 3.79. The predicted molar refractivity (Wildman–Crippen MR) is 45.8 cm³/mol. The van der Waals surface area contributed by atoms with Gasteiger partial charge in [-0.25, -0.2) is 0 Å². The van der Waals surface area contributed by atoms with Crippen LogP contribution in [0.5, 0.6) is 0 Å². The van der Waals surface area contributed by atoms with Crippen LogP contribution < -0.4 is 0 Å². The van der Waals surface area contributed by atoms with Crippen LogP contribution in [0.1, 0.15) is 5.56 Å². The molecule has 1 radical (unpaired) electrons. The third kappa shape index (κ3) is 1.10. The van der Waals surface area contributed by atoms with Crippen molar-refractivity contribution < 1.29 is 9.15 Å². The highest BCUT2D eigenvalue weighted by molar-refractivity contribution is 5.80. The molecule has 0 aliphatic heterocycles. The van der Waals surface area contributed by atoms with Crippen molar-refractivity contribution >= 4 is 11.0 Å². The van der Waals surface area contributed by atoms with E-state index in [-0.39, 0.29) is 0 Å². The summed E-state index contributed by atoms with van der Waals surface area (Å²) in [5.74, 6) is 0. The van der Waals surface area contributed by atoms with Crippen LogP contribution in [-0.4, -0.2) is 7.11 Å². The second-order valence-corrected chi connectivity index (χ2v) is 2.61. The highest BCUT2D eigenvalue weighted by Gasteiger charge is 2.03. The summed E-state index contributed by atoms with van der Waals surface area (Å²) in [6.07, 6.45) is 2.81. The monoisotopic (exact) mass is 161 g/mol. The fraction of sp³-hybridized carbons (Fsp3) is 0.200. The number of para-hydroxylation sites is 1. The molecular weight excluding hydrogens is 152 g/mol. The van der Waals surface area contributed by atoms with Gasteiger partial charge in [0.2, 0.25) is 0 Å². The molecule has 0 fully saturated rings. The van der Waals surface area contributed by atoms with Crippen LogP contribution in [0.25, 0.3) is 11.0 Å². The Hall–Kier alpha value is -1.28. The van der Waals surface area contributed by atoms with E-state index in [0.717, 1.165) is 16.5 Å². The Morgan fingerprint density at radius 3 is 3.08 bits per heavy atom. The zero-order valence-corrected chi connectivity index (χ0v) is 6.83. The summed E-state index contributed by atoms with van der Waals surface area (Å²) in [6, 6.07) is 7.84. The third-order valence-electron chi connectivity index (χ3n) is 1.79. The maximum Gasteiger partial charge on any atom is 0.176 e. The number of methoxy groups -OCH3 is 1. The van der Waals surface area contributed by atoms with Crippen LogP contribution in [0.4, 0.5) is 0 Å². The number of fused-ring (bicyclic) bond motifs is 1. The largest absolute Gasteiger partial charge is 0.452 e. The molecule has 0 saturated heterocycles. The molecule has 2 heteroatoms. The molecule has 0 bridgehead atoms. The Bertz CT molecular complexity index is 376. The Balaban J connectivity index is 2.55. The van der Waals surface area contributed by atoms with Gasteiger partial charge in [-0.2, -0.15) is 0 Å². The predicted octanol–water partition coefficient (Wildman–Crippen LogP) is 2.38. The number of hydrogen-bond acceptors (Lipinski definition) is 2. The second-order valence-electron chi connectivity index (χ2n) is 2.61. The molecule has 2 nitrogen and oxygen atoms in total. The zero-order valence-electron chi connectivity index (χ0n) is 6.83. The van der Waals surface area contributed by atoms with Gasteiger partial charge in [0.25, 0.3) is 0 Å². The lowest BCUT2D eigenvalue weighted by atomic mass is 10.2. The second kappa shape index (κ2) is 2.99. The van der Waals surface area contributed by atoms with E-state index in [4.69, 9.17) is 9.15 Å². The van der Waals surface area contributed by atoms with Crippen molar-refractivity contribution in [1.82, 2.24) is 0 Å². The minimum Gasteiger partial charge on any atom is -0.452 e. The highest BCUT2D eigenvalue weighted by atomic mass is 16.5. The molecule has 1 aromatic carbocycles. The molecule has 0 spiro atoms. The molecule has 12 heavy (non-hydrogen) atoms. The van der Waals surface area contributed by atoms with Crippen LogP contribution in [-0.2, 0) is 11.3 Å². The smallest absolute Gasteiger partial charge is 0.176 e. The molecule has 1 heterocycles. The van der Waals surface area contributed by atoms with Gasteiger partial charge in [-0.1, -0.05) is 18.2 Å². The normalized spacial score (nSPS) is 10.8. The molecule has 0 aliphatic rings. The molecule has 0 unspecified atom stereocenters. The van der Waals surface area contributed by atoms with Crippen molar-refractivity contribution in [3.8, 4) is 0 Å². The maximum atomic E-state index is 5.20. The Morgan fingerprint density at radius 1 is 1.42 bits per heavy atom.